The highest BCUT2D eigenvalue weighted by molar-refractivity contribution is 5.11. The molecule has 1 aliphatic heterocycles. The van der Waals surface area contributed by atoms with Gasteiger partial charge in [0.05, 0.1) is 31.8 Å². The van der Waals surface area contributed by atoms with Gasteiger partial charge in [0.15, 0.2) is 0 Å². The molecule has 5 nitrogen and oxygen atoms in total. The molecule has 0 amide bonds. The Kier molecular flexibility index (Phi) is 3.74. The Morgan fingerprint density at radius 3 is 2.87 bits per heavy atom. The number of nitrogens with zero attached hydrogens (tertiary/aromatic N) is 1. The fraction of sp³-hybridized carbons (Fsp3) is 0.600. The van der Waals surface area contributed by atoms with Crippen LogP contribution in [0.2, 0.25) is 0 Å². The van der Waals surface area contributed by atoms with Crippen molar-refractivity contribution in [3.05, 3.63) is 24.2 Å². The Labute approximate surface area is 89.1 Å². The summed E-state index contributed by atoms with van der Waals surface area (Å²) in [5.74, 6) is 0. The molecule has 1 atom stereocenters. The summed E-state index contributed by atoms with van der Waals surface area (Å²) in [6.45, 7) is 3.89. The molecule has 2 rings (SSSR count). The van der Waals surface area contributed by atoms with Crippen LogP contribution >= 0.6 is 0 Å². The second-order valence-electron chi connectivity index (χ2n) is 3.57. The van der Waals surface area contributed by atoms with E-state index in [0.717, 1.165) is 31.9 Å². The highest BCUT2D eigenvalue weighted by Crippen LogP contribution is 2.12. The van der Waals surface area contributed by atoms with E-state index in [0.29, 0.717) is 6.54 Å². The smallest absolute Gasteiger partial charge is 0.0951 e. The van der Waals surface area contributed by atoms with Crippen LogP contribution in [0.5, 0.6) is 0 Å². The number of hydrazine groups is 1. The van der Waals surface area contributed by atoms with Crippen molar-refractivity contribution in [1.29, 1.82) is 0 Å². The lowest BCUT2D eigenvalue weighted by Gasteiger charge is -2.30. The van der Waals surface area contributed by atoms with E-state index in [-0.39, 0.29) is 6.04 Å². The van der Waals surface area contributed by atoms with E-state index < -0.39 is 0 Å². The van der Waals surface area contributed by atoms with Gasteiger partial charge in [-0.3, -0.25) is 0 Å². The average Bonchev–Trinajstić information content (AvgIpc) is 2.81. The van der Waals surface area contributed by atoms with Crippen molar-refractivity contribution in [1.82, 2.24) is 10.4 Å². The summed E-state index contributed by atoms with van der Waals surface area (Å²) in [6.07, 6.45) is 3.39. The van der Waals surface area contributed by atoms with Crippen molar-refractivity contribution < 1.29 is 9.15 Å². The van der Waals surface area contributed by atoms with Gasteiger partial charge in [0.2, 0.25) is 0 Å². The molecule has 0 spiro atoms. The fourth-order valence-electron chi connectivity index (χ4n) is 1.65. The average molecular weight is 211 g/mol. The monoisotopic (exact) mass is 211 g/mol. The number of hydrogen-bond donors (Lipinski definition) is 2. The third-order valence-corrected chi connectivity index (χ3v) is 2.53. The topological polar surface area (TPSA) is 63.7 Å². The number of nitrogens with two attached hydrogens (primary N) is 1. The van der Waals surface area contributed by atoms with E-state index >= 15 is 0 Å². The zero-order valence-electron chi connectivity index (χ0n) is 8.69. The molecule has 2 heterocycles. The van der Waals surface area contributed by atoms with Gasteiger partial charge >= 0.3 is 0 Å². The lowest BCUT2D eigenvalue weighted by molar-refractivity contribution is 0.00401. The van der Waals surface area contributed by atoms with E-state index in [9.17, 15) is 0 Å². The Balaban J connectivity index is 1.90. The first kappa shape index (κ1) is 10.6. The van der Waals surface area contributed by atoms with E-state index in [1.165, 1.54) is 0 Å². The predicted molar refractivity (Wildman–Crippen MR) is 56.0 cm³/mol. The van der Waals surface area contributed by atoms with Crippen LogP contribution < -0.4 is 11.2 Å². The summed E-state index contributed by atoms with van der Waals surface area (Å²) in [5, 5.41) is 2.15. The van der Waals surface area contributed by atoms with E-state index in [1.54, 1.807) is 12.5 Å². The first-order chi connectivity index (χ1) is 7.40. The van der Waals surface area contributed by atoms with Crippen LogP contribution in [0.1, 0.15) is 11.6 Å². The zero-order valence-corrected chi connectivity index (χ0v) is 8.69. The first-order valence-electron chi connectivity index (χ1n) is 5.21. The van der Waals surface area contributed by atoms with Crippen LogP contribution in [-0.4, -0.2) is 37.9 Å². The molecule has 84 valence electrons. The summed E-state index contributed by atoms with van der Waals surface area (Å²) >= 11 is 0. The van der Waals surface area contributed by atoms with Crippen molar-refractivity contribution in [3.8, 4) is 0 Å². The molecule has 0 aliphatic carbocycles. The Morgan fingerprint density at radius 2 is 2.27 bits per heavy atom. The van der Waals surface area contributed by atoms with Crippen molar-refractivity contribution in [2.45, 2.75) is 6.04 Å². The van der Waals surface area contributed by atoms with Gasteiger partial charge in [-0.25, -0.2) is 10.4 Å². The third kappa shape index (κ3) is 2.79. The summed E-state index contributed by atoms with van der Waals surface area (Å²) in [6, 6.07) is 2.06. The quantitative estimate of drug-likeness (QED) is 0.740. The van der Waals surface area contributed by atoms with Gasteiger partial charge in [0.1, 0.15) is 0 Å². The molecule has 1 aliphatic rings. The van der Waals surface area contributed by atoms with Crippen molar-refractivity contribution >= 4 is 0 Å². The largest absolute Gasteiger partial charge is 0.472 e. The minimum absolute atomic E-state index is 0.127. The normalized spacial score (nSPS) is 20.3. The summed E-state index contributed by atoms with van der Waals surface area (Å²) in [4.78, 5) is 0. The molecule has 3 N–H and O–H groups in total. The second kappa shape index (κ2) is 5.27. The molecular formula is C10H17N3O2. The molecule has 1 aromatic rings. The van der Waals surface area contributed by atoms with E-state index in [2.05, 4.69) is 10.4 Å². The molecular weight excluding hydrogens is 194 g/mol. The van der Waals surface area contributed by atoms with Gasteiger partial charge in [-0.2, -0.15) is 0 Å². The maximum Gasteiger partial charge on any atom is 0.0951 e. The number of nitrogens with one attached hydrogen (secondary N) is 1. The van der Waals surface area contributed by atoms with Crippen LogP contribution in [0.4, 0.5) is 0 Å². The predicted octanol–water partition coefficient (Wildman–Crippen LogP) is 0.116. The second-order valence-corrected chi connectivity index (χ2v) is 3.57. The van der Waals surface area contributed by atoms with Gasteiger partial charge in [-0.15, -0.1) is 0 Å². The molecule has 1 saturated heterocycles. The minimum atomic E-state index is 0.127. The highest BCUT2D eigenvalue weighted by atomic mass is 16.5. The molecule has 5 heteroatoms. The van der Waals surface area contributed by atoms with Crippen LogP contribution in [0.15, 0.2) is 23.0 Å². The van der Waals surface area contributed by atoms with Crippen LogP contribution in [0.3, 0.4) is 0 Å². The lowest BCUT2D eigenvalue weighted by Crippen LogP contribution is -2.48. The maximum absolute atomic E-state index is 5.72. The number of rotatable bonds is 4. The Bertz CT molecular complexity index is 270. The molecule has 1 fully saturated rings. The van der Waals surface area contributed by atoms with Gasteiger partial charge < -0.3 is 14.9 Å². The summed E-state index contributed by atoms with van der Waals surface area (Å²) in [7, 11) is 0. The van der Waals surface area contributed by atoms with Crippen LogP contribution in [-0.2, 0) is 4.74 Å². The molecule has 1 unspecified atom stereocenters. The summed E-state index contributed by atoms with van der Waals surface area (Å²) < 4.78 is 10.3. The number of furan rings is 1. The van der Waals surface area contributed by atoms with Crippen molar-refractivity contribution in [2.75, 3.05) is 32.8 Å². The van der Waals surface area contributed by atoms with Gasteiger partial charge in [-0.1, -0.05) is 0 Å². The Hall–Kier alpha value is -0.880. The van der Waals surface area contributed by atoms with E-state index in [4.69, 9.17) is 14.9 Å². The number of morpholine rings is 1. The first-order valence-corrected chi connectivity index (χ1v) is 5.21. The van der Waals surface area contributed by atoms with Gasteiger partial charge in [-0.05, 0) is 6.07 Å². The Morgan fingerprint density at radius 1 is 1.47 bits per heavy atom. The standard InChI is InChI=1S/C10H17N3O2/c11-7-10(9-1-4-15-8-9)12-13-2-5-14-6-3-13/h1,4,8,10,12H,2-3,5-7,11H2. The van der Waals surface area contributed by atoms with Crippen molar-refractivity contribution in [3.63, 3.8) is 0 Å². The van der Waals surface area contributed by atoms with Crippen molar-refractivity contribution in [2.24, 2.45) is 5.73 Å². The number of hydrogen-bond acceptors (Lipinski definition) is 5. The molecule has 15 heavy (non-hydrogen) atoms. The highest BCUT2D eigenvalue weighted by Gasteiger charge is 2.16. The molecule has 0 aromatic carbocycles. The number of ether oxygens (including phenoxy) is 1. The lowest BCUT2D eigenvalue weighted by atomic mass is 10.1. The maximum atomic E-state index is 5.72. The molecule has 1 aromatic heterocycles. The molecule has 0 bridgehead atoms. The third-order valence-electron chi connectivity index (χ3n) is 2.53. The molecule has 0 saturated carbocycles. The molecule has 0 radical (unpaired) electrons. The van der Waals surface area contributed by atoms with E-state index in [1.807, 2.05) is 6.07 Å². The minimum Gasteiger partial charge on any atom is -0.472 e. The van der Waals surface area contributed by atoms with Crippen LogP contribution in [0, 0.1) is 0 Å². The van der Waals surface area contributed by atoms with Crippen LogP contribution in [0.25, 0.3) is 0 Å². The van der Waals surface area contributed by atoms with Gasteiger partial charge in [0, 0.05) is 25.2 Å². The SMILES string of the molecule is NCC(NN1CCOCC1)c1ccoc1. The summed E-state index contributed by atoms with van der Waals surface area (Å²) in [5.41, 5.74) is 10.2. The zero-order chi connectivity index (χ0) is 10.5. The van der Waals surface area contributed by atoms with Gasteiger partial charge in [0.25, 0.3) is 0 Å². The fourth-order valence-corrected chi connectivity index (χ4v) is 1.65.